The smallest absolute Gasteiger partial charge is 0.251 e. The van der Waals surface area contributed by atoms with Crippen molar-refractivity contribution in [3.8, 4) is 11.4 Å². The molecule has 3 heterocycles. The zero-order valence-corrected chi connectivity index (χ0v) is 16.6. The molecular formula is C22H28N6O. The maximum Gasteiger partial charge on any atom is 0.251 e. The van der Waals surface area contributed by atoms with E-state index < -0.39 is 0 Å². The molecule has 0 bridgehead atoms. The van der Waals surface area contributed by atoms with Gasteiger partial charge in [-0.1, -0.05) is 24.3 Å². The zero-order valence-electron chi connectivity index (χ0n) is 16.6. The number of nitrogens with zero attached hydrogens (tertiary/aromatic N) is 4. The highest BCUT2D eigenvalue weighted by Gasteiger charge is 2.18. The molecule has 29 heavy (non-hydrogen) atoms. The third kappa shape index (κ3) is 5.19. The third-order valence-electron chi connectivity index (χ3n) is 5.52. The summed E-state index contributed by atoms with van der Waals surface area (Å²) in [5.41, 5.74) is 8.68. The van der Waals surface area contributed by atoms with Crippen LogP contribution in [0.4, 0.5) is 0 Å². The number of nitrogens with two attached hydrogens (primary N) is 1. The number of likely N-dealkylation sites (tertiary alicyclic amines) is 1. The molecule has 0 saturated carbocycles. The lowest BCUT2D eigenvalue weighted by atomic mass is 9.98. The summed E-state index contributed by atoms with van der Waals surface area (Å²) in [5.74, 6) is 1.22. The van der Waals surface area contributed by atoms with Crippen molar-refractivity contribution in [3.05, 3.63) is 70.4 Å². The van der Waals surface area contributed by atoms with Crippen LogP contribution in [0.25, 0.3) is 11.4 Å². The molecule has 3 N–H and O–H groups in total. The van der Waals surface area contributed by atoms with Crippen molar-refractivity contribution in [2.24, 2.45) is 11.7 Å². The lowest BCUT2D eigenvalue weighted by molar-refractivity contribution is 0.171. The molecule has 1 saturated heterocycles. The molecule has 7 heteroatoms. The molecule has 0 aliphatic carbocycles. The van der Waals surface area contributed by atoms with Crippen LogP contribution in [0, 0.1) is 5.92 Å². The molecule has 0 unspecified atom stereocenters. The number of rotatable bonds is 7. The van der Waals surface area contributed by atoms with E-state index in [2.05, 4.69) is 32.1 Å². The first kappa shape index (κ1) is 19.5. The molecule has 0 radical (unpaired) electrons. The number of aromatic nitrogens is 4. The highest BCUT2D eigenvalue weighted by Crippen LogP contribution is 2.20. The van der Waals surface area contributed by atoms with Crippen LogP contribution >= 0.6 is 0 Å². The summed E-state index contributed by atoms with van der Waals surface area (Å²) in [4.78, 5) is 22.1. The number of aromatic amines is 1. The van der Waals surface area contributed by atoms with Crippen molar-refractivity contribution >= 4 is 0 Å². The molecular weight excluding hydrogens is 364 g/mol. The number of hydrogen-bond donors (Lipinski definition) is 2. The van der Waals surface area contributed by atoms with Crippen LogP contribution in [0.2, 0.25) is 0 Å². The highest BCUT2D eigenvalue weighted by molar-refractivity contribution is 5.55. The number of benzene rings is 1. The van der Waals surface area contributed by atoms with Crippen LogP contribution in [-0.4, -0.2) is 44.3 Å². The number of hydrogen-bond acceptors (Lipinski definition) is 5. The molecule has 152 valence electrons. The normalized spacial score (nSPS) is 17.5. The fourth-order valence-corrected chi connectivity index (χ4v) is 3.95. The van der Waals surface area contributed by atoms with Gasteiger partial charge >= 0.3 is 0 Å². The van der Waals surface area contributed by atoms with Crippen LogP contribution < -0.4 is 11.3 Å². The maximum absolute atomic E-state index is 12.1. The number of aryl methyl sites for hydroxylation is 2. The molecule has 2 aromatic heterocycles. The standard InChI is InChI=1S/C22H28N6O/c23-14-18-3-1-10-27(16-18)15-17-4-6-19(7-5-17)22-25-20(13-21(29)26-22)8-12-28-11-2-9-24-28/h2,4-7,9,11,13,18H,1,3,8,10,12,14-16,23H2,(H,25,26,29)/t18-/m1/s1. The Morgan fingerprint density at radius 2 is 2.10 bits per heavy atom. The van der Waals surface area contributed by atoms with E-state index in [1.807, 2.05) is 29.1 Å². The van der Waals surface area contributed by atoms with Gasteiger partial charge < -0.3 is 10.7 Å². The Morgan fingerprint density at radius 1 is 1.24 bits per heavy atom. The minimum Gasteiger partial charge on any atom is -0.330 e. The number of H-pyrrole nitrogens is 1. The maximum atomic E-state index is 12.1. The van der Waals surface area contributed by atoms with Gasteiger partial charge in [-0.3, -0.25) is 14.4 Å². The lowest BCUT2D eigenvalue weighted by Gasteiger charge is -2.32. The van der Waals surface area contributed by atoms with Gasteiger partial charge in [0.2, 0.25) is 0 Å². The molecule has 1 aliphatic heterocycles. The Balaban J connectivity index is 1.43. The van der Waals surface area contributed by atoms with E-state index in [-0.39, 0.29) is 5.56 Å². The largest absolute Gasteiger partial charge is 0.330 e. The molecule has 1 aromatic carbocycles. The van der Waals surface area contributed by atoms with Gasteiger partial charge in [0.1, 0.15) is 5.82 Å². The van der Waals surface area contributed by atoms with E-state index in [1.165, 1.54) is 18.4 Å². The second kappa shape index (κ2) is 9.15. The molecule has 0 spiro atoms. The first-order valence-electron chi connectivity index (χ1n) is 10.3. The first-order valence-corrected chi connectivity index (χ1v) is 10.3. The summed E-state index contributed by atoms with van der Waals surface area (Å²) in [7, 11) is 0. The van der Waals surface area contributed by atoms with Crippen LogP contribution in [0.3, 0.4) is 0 Å². The van der Waals surface area contributed by atoms with Gasteiger partial charge in [0.05, 0.1) is 5.69 Å². The van der Waals surface area contributed by atoms with Crippen LogP contribution in [0.1, 0.15) is 24.1 Å². The quantitative estimate of drug-likeness (QED) is 0.642. The van der Waals surface area contributed by atoms with Gasteiger partial charge in [-0.2, -0.15) is 5.10 Å². The number of piperidine rings is 1. The summed E-state index contributed by atoms with van der Waals surface area (Å²) in [5, 5.41) is 4.19. The summed E-state index contributed by atoms with van der Waals surface area (Å²) < 4.78 is 1.84. The molecule has 7 nitrogen and oxygen atoms in total. The second-order valence-corrected chi connectivity index (χ2v) is 7.78. The van der Waals surface area contributed by atoms with E-state index in [0.29, 0.717) is 24.7 Å². The fourth-order valence-electron chi connectivity index (χ4n) is 3.95. The van der Waals surface area contributed by atoms with E-state index in [1.54, 1.807) is 12.3 Å². The average molecular weight is 393 g/mol. The Kier molecular flexibility index (Phi) is 6.17. The fraction of sp³-hybridized carbons (Fsp3) is 0.409. The Hall–Kier alpha value is -2.77. The molecule has 0 amide bonds. The Labute approximate surface area is 170 Å². The first-order chi connectivity index (χ1) is 14.2. The predicted octanol–water partition coefficient (Wildman–Crippen LogP) is 2.05. The molecule has 1 aliphatic rings. The Morgan fingerprint density at radius 3 is 2.86 bits per heavy atom. The van der Waals surface area contributed by atoms with Gasteiger partial charge in [0.25, 0.3) is 5.56 Å². The lowest BCUT2D eigenvalue weighted by Crippen LogP contribution is -2.37. The van der Waals surface area contributed by atoms with Gasteiger partial charge in [0.15, 0.2) is 0 Å². The highest BCUT2D eigenvalue weighted by atomic mass is 16.1. The van der Waals surface area contributed by atoms with Gasteiger partial charge in [-0.15, -0.1) is 0 Å². The molecule has 3 aromatic rings. The molecule has 4 rings (SSSR count). The van der Waals surface area contributed by atoms with E-state index in [0.717, 1.165) is 37.4 Å². The zero-order chi connectivity index (χ0) is 20.1. The Bertz CT molecular complexity index is 964. The monoisotopic (exact) mass is 392 g/mol. The number of nitrogens with one attached hydrogen (secondary N) is 1. The summed E-state index contributed by atoms with van der Waals surface area (Å²) in [6, 6.07) is 11.8. The van der Waals surface area contributed by atoms with Gasteiger partial charge in [-0.25, -0.2) is 4.98 Å². The minimum absolute atomic E-state index is 0.129. The second-order valence-electron chi connectivity index (χ2n) is 7.78. The third-order valence-corrected chi connectivity index (χ3v) is 5.52. The van der Waals surface area contributed by atoms with Crippen LogP contribution in [-0.2, 0) is 19.5 Å². The van der Waals surface area contributed by atoms with Crippen molar-refractivity contribution in [2.45, 2.75) is 32.4 Å². The predicted molar refractivity (Wildman–Crippen MR) is 113 cm³/mol. The molecule has 1 atom stereocenters. The summed E-state index contributed by atoms with van der Waals surface area (Å²) >= 11 is 0. The van der Waals surface area contributed by atoms with Gasteiger partial charge in [-0.05, 0) is 43.5 Å². The van der Waals surface area contributed by atoms with Crippen molar-refractivity contribution in [1.29, 1.82) is 0 Å². The molecule has 1 fully saturated rings. The SMILES string of the molecule is NC[C@H]1CCCN(Cc2ccc(-c3nc(CCn4cccn4)cc(=O)[nH]3)cc2)C1. The van der Waals surface area contributed by atoms with E-state index >= 15 is 0 Å². The van der Waals surface area contributed by atoms with Crippen molar-refractivity contribution in [3.63, 3.8) is 0 Å². The van der Waals surface area contributed by atoms with Crippen LogP contribution in [0.5, 0.6) is 0 Å². The van der Waals surface area contributed by atoms with Crippen LogP contribution in [0.15, 0.2) is 53.6 Å². The summed E-state index contributed by atoms with van der Waals surface area (Å²) in [6.07, 6.45) is 6.77. The van der Waals surface area contributed by atoms with Crippen molar-refractivity contribution < 1.29 is 0 Å². The van der Waals surface area contributed by atoms with E-state index in [9.17, 15) is 4.79 Å². The van der Waals surface area contributed by atoms with Crippen molar-refractivity contribution in [1.82, 2.24) is 24.6 Å². The summed E-state index contributed by atoms with van der Waals surface area (Å²) in [6.45, 7) is 4.61. The minimum atomic E-state index is -0.129. The van der Waals surface area contributed by atoms with Gasteiger partial charge in [0, 0.05) is 50.1 Å². The van der Waals surface area contributed by atoms with E-state index in [4.69, 9.17) is 5.73 Å². The topological polar surface area (TPSA) is 92.8 Å². The van der Waals surface area contributed by atoms with Crippen molar-refractivity contribution in [2.75, 3.05) is 19.6 Å². The average Bonchev–Trinajstić information content (AvgIpc) is 3.26.